The predicted molar refractivity (Wildman–Crippen MR) is 90.5 cm³/mol. The van der Waals surface area contributed by atoms with Crippen LogP contribution in [0.4, 0.5) is 0 Å². The maximum absolute atomic E-state index is 11.3. The van der Waals surface area contributed by atoms with Crippen LogP contribution in [0.1, 0.15) is 33.8 Å². The van der Waals surface area contributed by atoms with Crippen LogP contribution in [0.2, 0.25) is 0 Å². The van der Waals surface area contributed by atoms with E-state index in [1.807, 2.05) is 24.3 Å². The summed E-state index contributed by atoms with van der Waals surface area (Å²) in [5, 5.41) is 18.8. The van der Waals surface area contributed by atoms with E-state index in [9.17, 15) is 15.0 Å². The Hall–Kier alpha value is -2.37. The van der Waals surface area contributed by atoms with Gasteiger partial charge in [-0.3, -0.25) is 0 Å². The van der Waals surface area contributed by atoms with Crippen LogP contribution in [0.3, 0.4) is 0 Å². The van der Waals surface area contributed by atoms with Crippen molar-refractivity contribution in [2.75, 3.05) is 20.3 Å². The number of benzene rings is 2. The van der Waals surface area contributed by atoms with Crippen LogP contribution in [0.25, 0.3) is 0 Å². The summed E-state index contributed by atoms with van der Waals surface area (Å²) in [7, 11) is 1.62. The molecule has 2 rings (SSSR count). The lowest BCUT2D eigenvalue weighted by atomic mass is 9.92. The van der Waals surface area contributed by atoms with E-state index in [2.05, 4.69) is 0 Å². The molecule has 0 aliphatic heterocycles. The minimum atomic E-state index is -0.983. The fourth-order valence-corrected chi connectivity index (χ4v) is 2.53. The maximum Gasteiger partial charge on any atom is 0.335 e. The Kier molecular flexibility index (Phi) is 6.78. The van der Waals surface area contributed by atoms with Crippen molar-refractivity contribution in [2.45, 2.75) is 18.9 Å². The fourth-order valence-electron chi connectivity index (χ4n) is 2.53. The lowest BCUT2D eigenvalue weighted by Crippen LogP contribution is -2.13. The molecule has 0 spiro atoms. The Balaban J connectivity index is 1.88. The van der Waals surface area contributed by atoms with Gasteiger partial charge < -0.3 is 19.7 Å². The number of ether oxygens (including phenoxy) is 2. The van der Waals surface area contributed by atoms with Crippen molar-refractivity contribution in [3.8, 4) is 5.75 Å². The second-order valence-electron chi connectivity index (χ2n) is 5.46. The molecule has 0 saturated carbocycles. The Morgan fingerprint density at radius 3 is 2.46 bits per heavy atom. The predicted octanol–water partition coefficient (Wildman–Crippen LogP) is 3.08. The van der Waals surface area contributed by atoms with Gasteiger partial charge in [0.2, 0.25) is 0 Å². The van der Waals surface area contributed by atoms with E-state index in [0.29, 0.717) is 25.2 Å². The summed E-state index contributed by atoms with van der Waals surface area (Å²) >= 11 is 0. The molecular weight excluding hydrogens is 308 g/mol. The molecule has 2 aromatic rings. The van der Waals surface area contributed by atoms with E-state index >= 15 is 0 Å². The van der Waals surface area contributed by atoms with E-state index in [0.717, 1.165) is 11.3 Å². The minimum absolute atomic E-state index is 0.115. The standard InChI is InChI=1S/C19H22O5/c1-23-16-8-6-14(7-9-16)13-24-11-10-15(12-20)17-4-2-3-5-18(17)19(21)22/h2-9,15,20H,10-13H2,1H3,(H,21,22). The summed E-state index contributed by atoms with van der Waals surface area (Å²) in [4.78, 5) is 11.3. The summed E-state index contributed by atoms with van der Waals surface area (Å²) in [5.41, 5.74) is 1.90. The largest absolute Gasteiger partial charge is 0.497 e. The van der Waals surface area contributed by atoms with Crippen LogP contribution in [-0.2, 0) is 11.3 Å². The Bertz CT molecular complexity index is 651. The Morgan fingerprint density at radius 1 is 1.12 bits per heavy atom. The second kappa shape index (κ2) is 9.05. The van der Waals surface area contributed by atoms with Crippen LogP contribution in [0, 0.1) is 0 Å². The molecule has 0 saturated heterocycles. The van der Waals surface area contributed by atoms with Crippen LogP contribution in [-0.4, -0.2) is 36.5 Å². The summed E-state index contributed by atoms with van der Waals surface area (Å²) in [6, 6.07) is 14.4. The lowest BCUT2D eigenvalue weighted by molar-refractivity contribution is 0.0693. The molecule has 0 aromatic heterocycles. The fraction of sp³-hybridized carbons (Fsp3) is 0.316. The molecule has 128 valence electrons. The first kappa shape index (κ1) is 18.0. The van der Waals surface area contributed by atoms with Crippen LogP contribution in [0.5, 0.6) is 5.75 Å². The second-order valence-corrected chi connectivity index (χ2v) is 5.46. The molecule has 0 heterocycles. The van der Waals surface area contributed by atoms with Gasteiger partial charge in [0.05, 0.1) is 25.9 Å². The van der Waals surface area contributed by atoms with E-state index in [1.165, 1.54) is 0 Å². The third-order valence-electron chi connectivity index (χ3n) is 3.89. The van der Waals surface area contributed by atoms with Crippen molar-refractivity contribution >= 4 is 5.97 Å². The van der Waals surface area contributed by atoms with Crippen molar-refractivity contribution in [3.05, 3.63) is 65.2 Å². The first-order chi connectivity index (χ1) is 11.7. The molecule has 0 amide bonds. The van der Waals surface area contributed by atoms with Gasteiger partial charge in [0.15, 0.2) is 0 Å². The van der Waals surface area contributed by atoms with Crippen LogP contribution < -0.4 is 4.74 Å². The zero-order valence-corrected chi connectivity index (χ0v) is 13.6. The molecule has 1 atom stereocenters. The normalized spacial score (nSPS) is 11.9. The molecular formula is C19H22O5. The molecule has 0 fully saturated rings. The van der Waals surface area contributed by atoms with Gasteiger partial charge in [-0.05, 0) is 35.7 Å². The molecule has 24 heavy (non-hydrogen) atoms. The van der Waals surface area contributed by atoms with Crippen molar-refractivity contribution < 1.29 is 24.5 Å². The first-order valence-electron chi connectivity index (χ1n) is 7.79. The minimum Gasteiger partial charge on any atom is -0.497 e. The Labute approximate surface area is 141 Å². The molecule has 0 bridgehead atoms. The number of hydrogen-bond acceptors (Lipinski definition) is 4. The van der Waals surface area contributed by atoms with Crippen LogP contribution in [0.15, 0.2) is 48.5 Å². The van der Waals surface area contributed by atoms with E-state index in [1.54, 1.807) is 31.4 Å². The molecule has 0 aliphatic rings. The number of carbonyl (C=O) groups is 1. The third kappa shape index (κ3) is 4.81. The van der Waals surface area contributed by atoms with Gasteiger partial charge in [-0.2, -0.15) is 0 Å². The summed E-state index contributed by atoms with van der Waals surface area (Å²) in [6.07, 6.45) is 0.553. The van der Waals surface area contributed by atoms with Gasteiger partial charge in [0.1, 0.15) is 5.75 Å². The highest BCUT2D eigenvalue weighted by Gasteiger charge is 2.17. The van der Waals surface area contributed by atoms with E-state index in [-0.39, 0.29) is 18.1 Å². The number of methoxy groups -OCH3 is 1. The monoisotopic (exact) mass is 330 g/mol. The molecule has 5 nitrogen and oxygen atoms in total. The molecule has 0 radical (unpaired) electrons. The van der Waals surface area contributed by atoms with Crippen molar-refractivity contribution in [2.24, 2.45) is 0 Å². The summed E-state index contributed by atoms with van der Waals surface area (Å²) in [6.45, 7) is 0.782. The maximum atomic E-state index is 11.3. The highest BCUT2D eigenvalue weighted by molar-refractivity contribution is 5.89. The van der Waals surface area contributed by atoms with E-state index in [4.69, 9.17) is 9.47 Å². The average molecular weight is 330 g/mol. The smallest absolute Gasteiger partial charge is 0.335 e. The number of carboxylic acids is 1. The van der Waals surface area contributed by atoms with Gasteiger partial charge in [-0.25, -0.2) is 4.79 Å². The zero-order chi connectivity index (χ0) is 17.4. The van der Waals surface area contributed by atoms with Gasteiger partial charge in [0.25, 0.3) is 0 Å². The lowest BCUT2D eigenvalue weighted by Gasteiger charge is -2.17. The van der Waals surface area contributed by atoms with Crippen molar-refractivity contribution in [1.82, 2.24) is 0 Å². The van der Waals surface area contributed by atoms with Crippen molar-refractivity contribution in [1.29, 1.82) is 0 Å². The highest BCUT2D eigenvalue weighted by atomic mass is 16.5. The zero-order valence-electron chi connectivity index (χ0n) is 13.6. The molecule has 1 unspecified atom stereocenters. The van der Waals surface area contributed by atoms with Crippen LogP contribution >= 0.6 is 0 Å². The quantitative estimate of drug-likeness (QED) is 0.691. The first-order valence-corrected chi connectivity index (χ1v) is 7.79. The molecule has 0 aliphatic carbocycles. The average Bonchev–Trinajstić information content (AvgIpc) is 2.62. The van der Waals surface area contributed by atoms with Crippen molar-refractivity contribution in [3.63, 3.8) is 0 Å². The van der Waals surface area contributed by atoms with Gasteiger partial charge >= 0.3 is 5.97 Å². The topological polar surface area (TPSA) is 76.0 Å². The third-order valence-corrected chi connectivity index (χ3v) is 3.89. The number of hydrogen-bond donors (Lipinski definition) is 2. The SMILES string of the molecule is COc1ccc(COCCC(CO)c2ccccc2C(=O)O)cc1. The summed E-state index contributed by atoms with van der Waals surface area (Å²) in [5.74, 6) is -0.444. The number of aromatic carboxylic acids is 1. The highest BCUT2D eigenvalue weighted by Crippen LogP contribution is 2.23. The Morgan fingerprint density at radius 2 is 1.83 bits per heavy atom. The van der Waals surface area contributed by atoms with Gasteiger partial charge in [-0.15, -0.1) is 0 Å². The van der Waals surface area contributed by atoms with E-state index < -0.39 is 5.97 Å². The molecule has 2 N–H and O–H groups in total. The molecule has 2 aromatic carbocycles. The number of aliphatic hydroxyl groups excluding tert-OH is 1. The van der Waals surface area contributed by atoms with Gasteiger partial charge in [-0.1, -0.05) is 30.3 Å². The number of aliphatic hydroxyl groups is 1. The molecule has 5 heteroatoms. The number of carboxylic acid groups (broad SMARTS) is 1. The number of rotatable bonds is 9. The van der Waals surface area contributed by atoms with Gasteiger partial charge in [0, 0.05) is 12.5 Å². The summed E-state index contributed by atoms with van der Waals surface area (Å²) < 4.78 is 10.8.